The van der Waals surface area contributed by atoms with Gasteiger partial charge in [0.25, 0.3) is 5.91 Å². The van der Waals surface area contributed by atoms with Crippen molar-refractivity contribution in [2.24, 2.45) is 0 Å². The van der Waals surface area contributed by atoms with Crippen LogP contribution in [0.4, 0.5) is 0 Å². The van der Waals surface area contributed by atoms with Crippen LogP contribution in [0.15, 0.2) is 0 Å². The number of β-amino-alcohol motifs (C(OH)–C–C–N with tert-alkyl or cyclic N) is 1. The molecule has 0 aliphatic carbocycles. The molecule has 1 aromatic heterocycles. The van der Waals surface area contributed by atoms with Crippen LogP contribution in [0.2, 0.25) is 0 Å². The number of H-pyrrole nitrogens is 1. The summed E-state index contributed by atoms with van der Waals surface area (Å²) in [5.41, 5.74) is 2.66. The number of amides is 1. The van der Waals surface area contributed by atoms with Gasteiger partial charge in [0.2, 0.25) is 0 Å². The Bertz CT molecular complexity index is 546. The van der Waals surface area contributed by atoms with Crippen LogP contribution in [0.5, 0.6) is 0 Å². The van der Waals surface area contributed by atoms with Crippen molar-refractivity contribution >= 4 is 11.7 Å². The minimum Gasteiger partial charge on any atom is -0.391 e. The minimum absolute atomic E-state index is 0.0250. The summed E-state index contributed by atoms with van der Waals surface area (Å²) < 4.78 is 0. The van der Waals surface area contributed by atoms with Crippen LogP contribution in [0.25, 0.3) is 0 Å². The van der Waals surface area contributed by atoms with Crippen molar-refractivity contribution in [2.75, 3.05) is 13.1 Å². The van der Waals surface area contributed by atoms with Gasteiger partial charge in [-0.25, -0.2) is 0 Å². The molecule has 0 unspecified atom stereocenters. The summed E-state index contributed by atoms with van der Waals surface area (Å²) in [4.78, 5) is 29.1. The summed E-state index contributed by atoms with van der Waals surface area (Å²) in [6.45, 7) is 8.22. The number of Topliss-reactive ketones (excluding diaryl/α,β-unsaturated/α-hetero) is 1. The highest BCUT2D eigenvalue weighted by atomic mass is 16.3. The summed E-state index contributed by atoms with van der Waals surface area (Å²) in [6.07, 6.45) is 0.173. The van der Waals surface area contributed by atoms with E-state index in [1.807, 2.05) is 20.8 Å². The zero-order chi connectivity index (χ0) is 15.0. The molecule has 2 heterocycles. The van der Waals surface area contributed by atoms with E-state index in [4.69, 9.17) is 0 Å². The standard InChI is InChI=1S/C15H22N2O3/c1-8(2)12-13(10(4)18)9(3)16-14(12)15(20)17-6-5-11(19)7-17/h8,11,16,19H,5-7H2,1-4H3/t11-/m1/s1. The van der Waals surface area contributed by atoms with Crippen LogP contribution in [-0.2, 0) is 0 Å². The topological polar surface area (TPSA) is 73.4 Å². The molecule has 5 nitrogen and oxygen atoms in total. The molecule has 0 aromatic carbocycles. The Morgan fingerprint density at radius 2 is 2.05 bits per heavy atom. The lowest BCUT2D eigenvalue weighted by molar-refractivity contribution is 0.0758. The highest BCUT2D eigenvalue weighted by molar-refractivity contribution is 6.03. The van der Waals surface area contributed by atoms with Gasteiger partial charge in [0, 0.05) is 24.3 Å². The predicted octanol–water partition coefficient (Wildman–Crippen LogP) is 1.86. The molecule has 1 amide bonds. The lowest BCUT2D eigenvalue weighted by Gasteiger charge is -2.17. The van der Waals surface area contributed by atoms with E-state index in [9.17, 15) is 14.7 Å². The van der Waals surface area contributed by atoms with Gasteiger partial charge in [-0.15, -0.1) is 0 Å². The molecule has 2 rings (SSSR count). The predicted molar refractivity (Wildman–Crippen MR) is 76.2 cm³/mol. The molecule has 0 saturated carbocycles. The van der Waals surface area contributed by atoms with Crippen molar-refractivity contribution in [3.63, 3.8) is 0 Å². The second-order valence-corrected chi connectivity index (χ2v) is 5.82. The Balaban J connectivity index is 2.44. The first-order valence-electron chi connectivity index (χ1n) is 7.03. The molecule has 1 aliphatic rings. The van der Waals surface area contributed by atoms with Gasteiger partial charge < -0.3 is 15.0 Å². The normalized spacial score (nSPS) is 18.9. The number of aryl methyl sites for hydroxylation is 1. The highest BCUT2D eigenvalue weighted by Crippen LogP contribution is 2.28. The first-order valence-corrected chi connectivity index (χ1v) is 7.03. The number of aromatic nitrogens is 1. The van der Waals surface area contributed by atoms with E-state index in [1.54, 1.807) is 4.90 Å². The van der Waals surface area contributed by atoms with E-state index in [0.717, 1.165) is 11.3 Å². The van der Waals surface area contributed by atoms with Gasteiger partial charge in [-0.1, -0.05) is 13.8 Å². The van der Waals surface area contributed by atoms with Crippen LogP contribution in [-0.4, -0.2) is 45.9 Å². The Kier molecular flexibility index (Phi) is 3.99. The van der Waals surface area contributed by atoms with E-state index < -0.39 is 6.10 Å². The Morgan fingerprint density at radius 3 is 2.50 bits per heavy atom. The van der Waals surface area contributed by atoms with E-state index in [-0.39, 0.29) is 17.6 Å². The fourth-order valence-electron chi connectivity index (χ4n) is 2.93. The second-order valence-electron chi connectivity index (χ2n) is 5.82. The molecule has 1 fully saturated rings. The molecular weight excluding hydrogens is 256 g/mol. The van der Waals surface area contributed by atoms with Crippen LogP contribution in [0, 0.1) is 6.92 Å². The largest absolute Gasteiger partial charge is 0.391 e. The Hall–Kier alpha value is -1.62. The zero-order valence-corrected chi connectivity index (χ0v) is 12.5. The molecule has 1 aliphatic heterocycles. The lowest BCUT2D eigenvalue weighted by atomic mass is 9.95. The number of rotatable bonds is 3. The summed E-state index contributed by atoms with van der Waals surface area (Å²) >= 11 is 0. The van der Waals surface area contributed by atoms with Crippen LogP contribution in [0.1, 0.15) is 65.2 Å². The van der Waals surface area contributed by atoms with Crippen LogP contribution >= 0.6 is 0 Å². The molecule has 1 aromatic rings. The third-order valence-corrected chi connectivity index (χ3v) is 3.82. The number of nitrogens with zero attached hydrogens (tertiary/aromatic N) is 1. The second kappa shape index (κ2) is 5.40. The number of aliphatic hydroxyl groups excluding tert-OH is 1. The van der Waals surface area contributed by atoms with Crippen molar-refractivity contribution in [3.8, 4) is 0 Å². The van der Waals surface area contributed by atoms with Gasteiger partial charge in [0.15, 0.2) is 5.78 Å². The average Bonchev–Trinajstić information content (AvgIpc) is 2.91. The van der Waals surface area contributed by atoms with Crippen molar-refractivity contribution in [1.82, 2.24) is 9.88 Å². The van der Waals surface area contributed by atoms with E-state index >= 15 is 0 Å². The lowest BCUT2D eigenvalue weighted by Crippen LogP contribution is -2.30. The maximum absolute atomic E-state index is 12.6. The first kappa shape index (κ1) is 14.8. The summed E-state index contributed by atoms with van der Waals surface area (Å²) in [5.74, 6) is -0.0610. The monoisotopic (exact) mass is 278 g/mol. The van der Waals surface area contributed by atoms with E-state index in [0.29, 0.717) is 30.8 Å². The van der Waals surface area contributed by atoms with Crippen molar-refractivity contribution in [3.05, 3.63) is 22.5 Å². The number of likely N-dealkylation sites (tertiary alicyclic amines) is 1. The van der Waals surface area contributed by atoms with E-state index in [1.165, 1.54) is 6.92 Å². The number of ketones is 1. The van der Waals surface area contributed by atoms with E-state index in [2.05, 4.69) is 4.98 Å². The fourth-order valence-corrected chi connectivity index (χ4v) is 2.93. The van der Waals surface area contributed by atoms with Crippen molar-refractivity contribution in [2.45, 2.75) is 46.1 Å². The number of aliphatic hydroxyl groups is 1. The SMILES string of the molecule is CC(=O)c1c(C)[nH]c(C(=O)N2CC[C@@H](O)C2)c1C(C)C. The van der Waals surface area contributed by atoms with Crippen LogP contribution < -0.4 is 0 Å². The first-order chi connectivity index (χ1) is 9.32. The molecule has 2 N–H and O–H groups in total. The molecule has 1 atom stereocenters. The van der Waals surface area contributed by atoms with Gasteiger partial charge in [0.1, 0.15) is 5.69 Å². The van der Waals surface area contributed by atoms with Gasteiger partial charge in [-0.3, -0.25) is 9.59 Å². The van der Waals surface area contributed by atoms with Gasteiger partial charge in [0.05, 0.1) is 6.10 Å². The summed E-state index contributed by atoms with van der Waals surface area (Å²) in [7, 11) is 0. The molecular formula is C15H22N2O3. The third kappa shape index (κ3) is 2.50. The smallest absolute Gasteiger partial charge is 0.270 e. The number of nitrogens with one attached hydrogen (secondary N) is 1. The minimum atomic E-state index is -0.440. The highest BCUT2D eigenvalue weighted by Gasteiger charge is 2.31. The molecule has 110 valence electrons. The number of hydrogen-bond donors (Lipinski definition) is 2. The average molecular weight is 278 g/mol. The number of aromatic amines is 1. The van der Waals surface area contributed by atoms with Gasteiger partial charge >= 0.3 is 0 Å². The van der Waals surface area contributed by atoms with Gasteiger partial charge in [-0.2, -0.15) is 0 Å². The van der Waals surface area contributed by atoms with Crippen molar-refractivity contribution in [1.29, 1.82) is 0 Å². The zero-order valence-electron chi connectivity index (χ0n) is 12.5. The molecule has 0 spiro atoms. The molecule has 0 radical (unpaired) electrons. The Labute approximate surface area is 119 Å². The number of carbonyl (C=O) groups is 2. The summed E-state index contributed by atoms with van der Waals surface area (Å²) in [5, 5.41) is 9.56. The quantitative estimate of drug-likeness (QED) is 0.829. The maximum Gasteiger partial charge on any atom is 0.270 e. The molecule has 1 saturated heterocycles. The third-order valence-electron chi connectivity index (χ3n) is 3.82. The number of carbonyl (C=O) groups excluding carboxylic acids is 2. The van der Waals surface area contributed by atoms with Gasteiger partial charge in [-0.05, 0) is 31.7 Å². The Morgan fingerprint density at radius 1 is 1.40 bits per heavy atom. The van der Waals surface area contributed by atoms with Crippen molar-refractivity contribution < 1.29 is 14.7 Å². The molecule has 5 heteroatoms. The molecule has 0 bridgehead atoms. The maximum atomic E-state index is 12.6. The molecule has 20 heavy (non-hydrogen) atoms. The summed E-state index contributed by atoms with van der Waals surface area (Å²) in [6, 6.07) is 0. The van der Waals surface area contributed by atoms with Crippen LogP contribution in [0.3, 0.4) is 0 Å². The number of hydrogen-bond acceptors (Lipinski definition) is 3. The fraction of sp³-hybridized carbons (Fsp3) is 0.600.